The molecule has 3 amide bonds. The average molecular weight is 499 g/mol. The van der Waals surface area contributed by atoms with E-state index in [9.17, 15) is 19.5 Å². The summed E-state index contributed by atoms with van der Waals surface area (Å²) in [6.45, 7) is 1.33. The molecular weight excluding hydrogens is 479 g/mol. The molecule has 0 saturated carbocycles. The molecule has 0 unspecified atom stereocenters. The molecule has 34 heavy (non-hydrogen) atoms. The van der Waals surface area contributed by atoms with Gasteiger partial charge in [-0.1, -0.05) is 59.6 Å². The molecule has 0 spiro atoms. The molecule has 3 aromatic rings. The molecule has 1 aromatic heterocycles. The van der Waals surface area contributed by atoms with Gasteiger partial charge in [0.05, 0.1) is 12.8 Å². The van der Waals surface area contributed by atoms with Crippen LogP contribution in [-0.2, 0) is 33.1 Å². The van der Waals surface area contributed by atoms with Crippen molar-refractivity contribution < 1.29 is 23.9 Å². The SMILES string of the molecule is C[C@@]12C(=O)N(Cc3ccccc3)C(=O)[C@@H]1[C@](O)(c1ccco1)C(=O)N2Cc1c(Cl)cccc1Cl. The first-order valence-corrected chi connectivity index (χ1v) is 11.4. The number of furan rings is 1. The number of aliphatic hydroxyl groups is 1. The lowest BCUT2D eigenvalue weighted by Crippen LogP contribution is -2.51. The van der Waals surface area contributed by atoms with Crippen molar-refractivity contribution in [2.24, 2.45) is 5.92 Å². The molecule has 2 saturated heterocycles. The molecule has 2 aliphatic heterocycles. The van der Waals surface area contributed by atoms with E-state index in [-0.39, 0.29) is 18.8 Å². The van der Waals surface area contributed by atoms with E-state index in [1.807, 2.05) is 6.07 Å². The van der Waals surface area contributed by atoms with Crippen LogP contribution >= 0.6 is 23.2 Å². The molecule has 2 aromatic carbocycles. The van der Waals surface area contributed by atoms with E-state index in [0.29, 0.717) is 15.6 Å². The van der Waals surface area contributed by atoms with Crippen molar-refractivity contribution in [3.05, 3.63) is 93.9 Å². The molecule has 2 aliphatic rings. The highest BCUT2D eigenvalue weighted by Gasteiger charge is 2.76. The molecular formula is C25H20Cl2N2O5. The van der Waals surface area contributed by atoms with Crippen molar-refractivity contribution in [1.82, 2.24) is 9.80 Å². The lowest BCUT2D eigenvalue weighted by atomic mass is 9.78. The summed E-state index contributed by atoms with van der Waals surface area (Å²) in [6, 6.07) is 16.8. The highest BCUT2D eigenvalue weighted by Crippen LogP contribution is 2.54. The zero-order valence-electron chi connectivity index (χ0n) is 18.1. The number of nitrogens with zero attached hydrogens (tertiary/aromatic N) is 2. The van der Waals surface area contributed by atoms with Gasteiger partial charge >= 0.3 is 0 Å². The zero-order valence-corrected chi connectivity index (χ0v) is 19.6. The van der Waals surface area contributed by atoms with Gasteiger partial charge in [0, 0.05) is 22.2 Å². The van der Waals surface area contributed by atoms with Gasteiger partial charge in [0.2, 0.25) is 11.5 Å². The standard InChI is InChI=1S/C25H20Cl2N2O5/c1-24-20(21(30)28(22(24)31)13-15-7-3-2-4-8-15)25(33,19-11-6-12-34-19)23(32)29(24)14-16-17(26)9-5-10-18(16)27/h2-12,20,33H,13-14H2,1H3/t20-,24-,25+/m0/s1. The molecule has 174 valence electrons. The predicted molar refractivity (Wildman–Crippen MR) is 124 cm³/mol. The molecule has 1 N–H and O–H groups in total. The Kier molecular flexibility index (Phi) is 5.31. The summed E-state index contributed by atoms with van der Waals surface area (Å²) < 4.78 is 5.40. The van der Waals surface area contributed by atoms with Crippen molar-refractivity contribution in [2.45, 2.75) is 31.2 Å². The first-order valence-electron chi connectivity index (χ1n) is 10.6. The second-order valence-corrected chi connectivity index (χ2v) is 9.45. The van der Waals surface area contributed by atoms with Crippen LogP contribution in [0.3, 0.4) is 0 Å². The van der Waals surface area contributed by atoms with Crippen LogP contribution in [0.25, 0.3) is 0 Å². The minimum Gasteiger partial charge on any atom is -0.466 e. The molecule has 5 rings (SSSR count). The van der Waals surface area contributed by atoms with E-state index in [1.165, 1.54) is 30.2 Å². The van der Waals surface area contributed by atoms with Crippen molar-refractivity contribution in [2.75, 3.05) is 0 Å². The number of imide groups is 1. The number of hydrogen-bond acceptors (Lipinski definition) is 5. The van der Waals surface area contributed by atoms with E-state index in [4.69, 9.17) is 27.6 Å². The topological polar surface area (TPSA) is 91.1 Å². The summed E-state index contributed by atoms with van der Waals surface area (Å²) in [7, 11) is 0. The fraction of sp³-hybridized carbons (Fsp3) is 0.240. The molecule has 3 heterocycles. The van der Waals surface area contributed by atoms with E-state index in [2.05, 4.69) is 0 Å². The maximum absolute atomic E-state index is 13.8. The number of hydrogen-bond donors (Lipinski definition) is 1. The summed E-state index contributed by atoms with van der Waals surface area (Å²) in [4.78, 5) is 43.5. The number of fused-ring (bicyclic) bond motifs is 1. The maximum atomic E-state index is 13.8. The van der Waals surface area contributed by atoms with Gasteiger partial charge in [0.1, 0.15) is 17.2 Å². The Bertz CT molecular complexity index is 1280. The van der Waals surface area contributed by atoms with Gasteiger partial charge in [0.25, 0.3) is 11.8 Å². The molecule has 2 fully saturated rings. The molecule has 3 atom stereocenters. The zero-order chi connectivity index (χ0) is 24.3. The second-order valence-electron chi connectivity index (χ2n) is 8.63. The monoisotopic (exact) mass is 498 g/mol. The van der Waals surface area contributed by atoms with E-state index in [0.717, 1.165) is 10.5 Å². The smallest absolute Gasteiger partial charge is 0.264 e. The number of amides is 3. The fourth-order valence-electron chi connectivity index (χ4n) is 5.03. The quantitative estimate of drug-likeness (QED) is 0.540. The lowest BCUT2D eigenvalue weighted by molar-refractivity contribution is -0.159. The van der Waals surface area contributed by atoms with Crippen molar-refractivity contribution in [1.29, 1.82) is 0 Å². The van der Waals surface area contributed by atoms with Crippen molar-refractivity contribution in [3.63, 3.8) is 0 Å². The van der Waals surface area contributed by atoms with Crippen LogP contribution in [0.5, 0.6) is 0 Å². The molecule has 0 radical (unpaired) electrons. The third-order valence-electron chi connectivity index (χ3n) is 6.76. The first kappa shape index (κ1) is 22.7. The Morgan fingerprint density at radius 1 is 0.912 bits per heavy atom. The highest BCUT2D eigenvalue weighted by atomic mass is 35.5. The minimum atomic E-state index is -2.37. The van der Waals surface area contributed by atoms with Gasteiger partial charge < -0.3 is 14.4 Å². The van der Waals surface area contributed by atoms with Crippen molar-refractivity contribution >= 4 is 40.9 Å². The Hall–Kier alpha value is -3.13. The summed E-state index contributed by atoms with van der Waals surface area (Å²) in [5, 5.41) is 12.4. The summed E-state index contributed by atoms with van der Waals surface area (Å²) in [6.07, 6.45) is 1.30. The molecule has 0 bridgehead atoms. The van der Waals surface area contributed by atoms with Gasteiger partial charge in [-0.2, -0.15) is 0 Å². The molecule has 7 nitrogen and oxygen atoms in total. The third kappa shape index (κ3) is 3.04. The number of rotatable bonds is 5. The van der Waals surface area contributed by atoms with Crippen LogP contribution in [0.2, 0.25) is 10.0 Å². The highest BCUT2D eigenvalue weighted by molar-refractivity contribution is 6.36. The third-order valence-corrected chi connectivity index (χ3v) is 7.47. The van der Waals surface area contributed by atoms with Gasteiger partial charge in [-0.25, -0.2) is 0 Å². The van der Waals surface area contributed by atoms with Gasteiger partial charge in [-0.15, -0.1) is 0 Å². The van der Waals surface area contributed by atoms with Crippen LogP contribution in [0.15, 0.2) is 71.3 Å². The van der Waals surface area contributed by atoms with Gasteiger partial charge in [-0.3, -0.25) is 19.3 Å². The predicted octanol–water partition coefficient (Wildman–Crippen LogP) is 3.76. The van der Waals surface area contributed by atoms with Crippen LogP contribution < -0.4 is 0 Å². The fourth-order valence-corrected chi connectivity index (χ4v) is 5.54. The maximum Gasteiger partial charge on any atom is 0.264 e. The van der Waals surface area contributed by atoms with Crippen LogP contribution in [-0.4, -0.2) is 38.2 Å². The Labute approximate surface area is 205 Å². The number of likely N-dealkylation sites (tertiary alicyclic amines) is 2. The van der Waals surface area contributed by atoms with Crippen LogP contribution in [0.1, 0.15) is 23.8 Å². The van der Waals surface area contributed by atoms with E-state index < -0.39 is 34.8 Å². The Morgan fingerprint density at radius 2 is 1.59 bits per heavy atom. The second kappa shape index (κ2) is 7.98. The Balaban J connectivity index is 1.64. The lowest BCUT2D eigenvalue weighted by Gasteiger charge is -2.32. The minimum absolute atomic E-state index is 0.00765. The van der Waals surface area contributed by atoms with Crippen molar-refractivity contribution in [3.8, 4) is 0 Å². The number of carbonyl (C=O) groups is 3. The molecule has 9 heteroatoms. The van der Waals surface area contributed by atoms with E-state index >= 15 is 0 Å². The molecule has 0 aliphatic carbocycles. The summed E-state index contributed by atoms with van der Waals surface area (Å²) in [5.41, 5.74) is -2.91. The van der Waals surface area contributed by atoms with Gasteiger partial charge in [0.15, 0.2) is 0 Å². The van der Waals surface area contributed by atoms with Gasteiger partial charge in [-0.05, 0) is 36.8 Å². The largest absolute Gasteiger partial charge is 0.466 e. The summed E-state index contributed by atoms with van der Waals surface area (Å²) in [5.74, 6) is -3.60. The average Bonchev–Trinajstić information content (AvgIpc) is 3.46. The first-order chi connectivity index (χ1) is 16.2. The normalized spacial score (nSPS) is 26.5. The van der Waals surface area contributed by atoms with Crippen LogP contribution in [0.4, 0.5) is 0 Å². The number of carbonyl (C=O) groups excluding carboxylic acids is 3. The number of benzene rings is 2. The van der Waals surface area contributed by atoms with E-state index in [1.54, 1.807) is 42.5 Å². The summed E-state index contributed by atoms with van der Waals surface area (Å²) >= 11 is 12.7. The number of halogens is 2. The van der Waals surface area contributed by atoms with Crippen LogP contribution in [0, 0.1) is 5.92 Å². The Morgan fingerprint density at radius 3 is 2.21 bits per heavy atom.